The second kappa shape index (κ2) is 19.5. The van der Waals surface area contributed by atoms with Crippen LogP contribution in [0, 0.1) is 0 Å². The van der Waals surface area contributed by atoms with Gasteiger partial charge in [-0.3, -0.25) is 0 Å². The molecule has 48 valence electrons. The average Bonchev–Trinajstić information content (AvgIpc) is 1.61. The molecule has 7 heteroatoms. The Morgan fingerprint density at radius 1 is 1.50 bits per heavy atom. The predicted molar refractivity (Wildman–Crippen MR) is 29.4 cm³/mol. The Morgan fingerprint density at radius 3 is 2.00 bits per heavy atom. The summed E-state index contributed by atoms with van der Waals surface area (Å²) in [6, 6.07) is 0. The van der Waals surface area contributed by atoms with Gasteiger partial charge in [-0.25, -0.2) is 0 Å². The van der Waals surface area contributed by atoms with E-state index in [1.54, 1.807) is 0 Å². The molecule has 0 aromatic carbocycles. The van der Waals surface area contributed by atoms with E-state index in [0.717, 1.165) is 6.42 Å². The van der Waals surface area contributed by atoms with Gasteiger partial charge in [-0.1, -0.05) is 6.92 Å². The third-order valence-electron chi connectivity index (χ3n) is 0.406. The molecule has 0 aliphatic rings. The quantitative estimate of drug-likeness (QED) is 0.396. The maximum absolute atomic E-state index is 9.68. The first-order chi connectivity index (χ1) is 3.27. The molecule has 0 heterocycles. The van der Waals surface area contributed by atoms with Crippen molar-refractivity contribution in [2.75, 3.05) is 6.61 Å². The second-order valence-corrected chi connectivity index (χ2v) is 1.80. The molecular weight excluding hydrogens is 232 g/mol. The summed E-state index contributed by atoms with van der Waals surface area (Å²) in [4.78, 5) is 7.97. The van der Waals surface area contributed by atoms with Crippen LogP contribution in [0.15, 0.2) is 0 Å². The van der Waals surface area contributed by atoms with E-state index >= 15 is 0 Å². The van der Waals surface area contributed by atoms with E-state index in [-0.39, 0.29) is 158 Å². The van der Waals surface area contributed by atoms with E-state index in [1.165, 1.54) is 0 Å². The SMILES string of the molecule is CCCO[P+](=O)O.[H-].[H-].[H-].[K+].[K+].[K+]. The van der Waals surface area contributed by atoms with Gasteiger partial charge in [-0.05, 0) is 6.42 Å². The van der Waals surface area contributed by atoms with E-state index in [2.05, 4.69) is 4.52 Å². The van der Waals surface area contributed by atoms with Crippen molar-refractivity contribution in [3.8, 4) is 0 Å². The fourth-order valence-electron chi connectivity index (χ4n) is 0.169. The molecule has 0 saturated heterocycles. The van der Waals surface area contributed by atoms with E-state index in [4.69, 9.17) is 4.89 Å². The molecular formula is C3H11K3O3P+. The second-order valence-electron chi connectivity index (χ2n) is 1.07. The van der Waals surface area contributed by atoms with Gasteiger partial charge in [0.25, 0.3) is 0 Å². The fourth-order valence-corrected chi connectivity index (χ4v) is 0.508. The Bertz CT molecular complexity index is 82.1. The van der Waals surface area contributed by atoms with Gasteiger partial charge in [-0.15, -0.1) is 9.42 Å². The minimum Gasteiger partial charge on any atom is -1.00 e. The average molecular weight is 243 g/mol. The molecule has 0 amide bonds. The monoisotopic (exact) mass is 243 g/mol. The normalized spacial score (nSPS) is 8.00. The molecule has 0 aliphatic heterocycles. The first-order valence-corrected chi connectivity index (χ1v) is 3.19. The fraction of sp³-hybridized carbons (Fsp3) is 1.00. The van der Waals surface area contributed by atoms with Gasteiger partial charge in [0.05, 0.1) is 0 Å². The van der Waals surface area contributed by atoms with Crippen molar-refractivity contribution in [1.29, 1.82) is 0 Å². The molecule has 3 nitrogen and oxygen atoms in total. The van der Waals surface area contributed by atoms with Crippen LogP contribution >= 0.6 is 8.25 Å². The van der Waals surface area contributed by atoms with Crippen LogP contribution in [-0.2, 0) is 9.09 Å². The van der Waals surface area contributed by atoms with Gasteiger partial charge < -0.3 is 4.28 Å². The first-order valence-electron chi connectivity index (χ1n) is 2.06. The van der Waals surface area contributed by atoms with Crippen LogP contribution in [0.4, 0.5) is 0 Å². The van der Waals surface area contributed by atoms with Crippen molar-refractivity contribution in [2.24, 2.45) is 0 Å². The zero-order valence-electron chi connectivity index (χ0n) is 10.1. The number of hydrogen-bond donors (Lipinski definition) is 1. The van der Waals surface area contributed by atoms with Crippen LogP contribution in [-0.4, -0.2) is 11.5 Å². The third-order valence-corrected chi connectivity index (χ3v) is 0.809. The molecule has 10 heavy (non-hydrogen) atoms. The van der Waals surface area contributed by atoms with Crippen LogP contribution in [0.2, 0.25) is 0 Å². The maximum Gasteiger partial charge on any atom is 1.00 e. The van der Waals surface area contributed by atoms with Crippen molar-refractivity contribution in [2.45, 2.75) is 13.3 Å². The standard InChI is InChI=1S/C3H7O3P.3K.3H/c1-2-3-6-7(4)5;;;;;;/h2-3H2,1H3;;;;;;/q;3*+1;3*-1/p+1. The summed E-state index contributed by atoms with van der Waals surface area (Å²) in [5, 5.41) is 0. The van der Waals surface area contributed by atoms with Gasteiger partial charge in [0.2, 0.25) is 0 Å². The van der Waals surface area contributed by atoms with E-state index in [1.807, 2.05) is 6.92 Å². The smallest absolute Gasteiger partial charge is 1.00 e. The molecule has 0 bridgehead atoms. The Kier molecular flexibility index (Phi) is 47.3. The Hall–Kier alpha value is 4.93. The summed E-state index contributed by atoms with van der Waals surface area (Å²) in [6.45, 7) is 2.24. The summed E-state index contributed by atoms with van der Waals surface area (Å²) in [7, 11) is -2.36. The van der Waals surface area contributed by atoms with Crippen LogP contribution in [0.3, 0.4) is 0 Å². The minimum atomic E-state index is -2.36. The molecule has 0 radical (unpaired) electrons. The molecule has 1 atom stereocenters. The van der Waals surface area contributed by atoms with E-state index in [0.29, 0.717) is 6.61 Å². The summed E-state index contributed by atoms with van der Waals surface area (Å²) in [6.07, 6.45) is 0.779. The molecule has 0 aliphatic carbocycles. The number of hydrogen-bond acceptors (Lipinski definition) is 2. The molecule has 1 N–H and O–H groups in total. The Morgan fingerprint density at radius 2 is 1.90 bits per heavy atom. The third kappa shape index (κ3) is 23.1. The molecule has 1 unspecified atom stereocenters. The summed E-state index contributed by atoms with van der Waals surface area (Å²) in [5.74, 6) is 0. The van der Waals surface area contributed by atoms with Crippen molar-refractivity contribution in [3.05, 3.63) is 0 Å². The zero-order valence-corrected chi connectivity index (χ0v) is 17.4. The summed E-state index contributed by atoms with van der Waals surface area (Å²) >= 11 is 0. The van der Waals surface area contributed by atoms with Crippen molar-refractivity contribution in [3.63, 3.8) is 0 Å². The van der Waals surface area contributed by atoms with Crippen LogP contribution in [0.1, 0.15) is 17.6 Å². The molecule has 0 aromatic heterocycles. The topological polar surface area (TPSA) is 46.5 Å². The largest absolute Gasteiger partial charge is 1.00 e. The minimum absolute atomic E-state index is 0. The summed E-state index contributed by atoms with van der Waals surface area (Å²) in [5.41, 5.74) is 0. The summed E-state index contributed by atoms with van der Waals surface area (Å²) < 4.78 is 13.9. The predicted octanol–water partition coefficient (Wildman–Crippen LogP) is -7.59. The van der Waals surface area contributed by atoms with E-state index < -0.39 is 8.25 Å². The first kappa shape index (κ1) is 24.2. The molecule has 0 aromatic rings. The zero-order chi connectivity index (χ0) is 5.70. The maximum atomic E-state index is 9.68. The van der Waals surface area contributed by atoms with Crippen molar-refractivity contribution in [1.82, 2.24) is 0 Å². The van der Waals surface area contributed by atoms with Gasteiger partial charge >= 0.3 is 162 Å². The molecule has 0 fully saturated rings. The number of rotatable bonds is 3. The van der Waals surface area contributed by atoms with Gasteiger partial charge in [0.1, 0.15) is 6.61 Å². The van der Waals surface area contributed by atoms with Crippen LogP contribution in [0.25, 0.3) is 0 Å². The molecule has 0 rings (SSSR count). The molecule has 0 spiro atoms. The molecule has 0 saturated carbocycles. The van der Waals surface area contributed by atoms with Gasteiger partial charge in [-0.2, -0.15) is 0 Å². The van der Waals surface area contributed by atoms with Gasteiger partial charge in [0, 0.05) is 4.57 Å². The van der Waals surface area contributed by atoms with Gasteiger partial charge in [0.15, 0.2) is 0 Å². The van der Waals surface area contributed by atoms with Crippen molar-refractivity contribution < 1.29 is 172 Å². The Labute approximate surface area is 194 Å². The van der Waals surface area contributed by atoms with Crippen molar-refractivity contribution >= 4 is 8.25 Å². The van der Waals surface area contributed by atoms with Crippen LogP contribution < -0.4 is 154 Å². The van der Waals surface area contributed by atoms with E-state index in [9.17, 15) is 4.57 Å². The Balaban J connectivity index is -0.0000000120. The van der Waals surface area contributed by atoms with Crippen LogP contribution in [0.5, 0.6) is 0 Å².